The Balaban J connectivity index is 1.96. The molecule has 4 nitrogen and oxygen atoms in total. The molecule has 0 bridgehead atoms. The summed E-state index contributed by atoms with van der Waals surface area (Å²) in [5, 5.41) is 12.6. The quantitative estimate of drug-likeness (QED) is 0.875. The first kappa shape index (κ1) is 12.2. The number of aliphatic carboxylic acids is 1. The first-order valence-electron chi connectivity index (χ1n) is 6.51. The number of carboxylic acids is 1. The van der Waals surface area contributed by atoms with Crippen LogP contribution in [0.1, 0.15) is 18.4 Å². The van der Waals surface area contributed by atoms with E-state index in [1.54, 1.807) is 7.11 Å². The highest BCUT2D eigenvalue weighted by Crippen LogP contribution is 2.43. The van der Waals surface area contributed by atoms with Crippen molar-refractivity contribution in [3.63, 3.8) is 0 Å². The van der Waals surface area contributed by atoms with Gasteiger partial charge in [-0.3, -0.25) is 4.79 Å². The average molecular weight is 259 g/mol. The number of rotatable bonds is 3. The Labute approximate surface area is 112 Å². The van der Waals surface area contributed by atoms with E-state index in [9.17, 15) is 4.79 Å². The van der Waals surface area contributed by atoms with E-state index in [4.69, 9.17) is 9.84 Å². The minimum atomic E-state index is -0.772. The molecule has 100 valence electrons. The summed E-state index contributed by atoms with van der Waals surface area (Å²) in [6.07, 6.45) is 3.04. The maximum absolute atomic E-state index is 11.1. The minimum Gasteiger partial charge on any atom is -0.481 e. The fourth-order valence-electron chi connectivity index (χ4n) is 3.20. The van der Waals surface area contributed by atoms with Gasteiger partial charge in [0.15, 0.2) is 0 Å². The summed E-state index contributed by atoms with van der Waals surface area (Å²) in [6.45, 7) is 0. The Morgan fingerprint density at radius 1 is 1.47 bits per heavy atom. The van der Waals surface area contributed by atoms with Crippen molar-refractivity contribution in [2.24, 2.45) is 5.92 Å². The number of methoxy groups -OCH3 is 1. The first-order chi connectivity index (χ1) is 9.20. The number of anilines is 1. The predicted octanol–water partition coefficient (Wildman–Crippen LogP) is 2.37. The third-order valence-electron chi connectivity index (χ3n) is 4.07. The number of hydrogen-bond acceptors (Lipinski definition) is 3. The van der Waals surface area contributed by atoms with Crippen molar-refractivity contribution in [1.29, 1.82) is 0 Å². The molecule has 1 aromatic carbocycles. The van der Waals surface area contributed by atoms with Crippen molar-refractivity contribution < 1.29 is 14.6 Å². The second-order valence-electron chi connectivity index (χ2n) is 5.10. The van der Waals surface area contributed by atoms with Gasteiger partial charge in [0.25, 0.3) is 0 Å². The highest BCUT2D eigenvalue weighted by Gasteiger charge is 2.40. The second kappa shape index (κ2) is 4.70. The van der Waals surface area contributed by atoms with Gasteiger partial charge in [-0.15, -0.1) is 0 Å². The van der Waals surface area contributed by atoms with E-state index in [0.717, 1.165) is 12.1 Å². The second-order valence-corrected chi connectivity index (χ2v) is 5.10. The molecule has 1 heterocycles. The Bertz CT molecular complexity index is 538. The number of nitrogens with one attached hydrogen (secondary N) is 1. The zero-order valence-electron chi connectivity index (χ0n) is 10.8. The normalized spacial score (nSPS) is 28.1. The van der Waals surface area contributed by atoms with E-state index in [0.29, 0.717) is 0 Å². The van der Waals surface area contributed by atoms with Gasteiger partial charge < -0.3 is 15.2 Å². The largest absolute Gasteiger partial charge is 0.481 e. The van der Waals surface area contributed by atoms with Crippen LogP contribution < -0.4 is 5.32 Å². The van der Waals surface area contributed by atoms with Crippen LogP contribution >= 0.6 is 0 Å². The van der Waals surface area contributed by atoms with Gasteiger partial charge in [0.05, 0.1) is 18.6 Å². The molecule has 0 saturated carbocycles. The van der Waals surface area contributed by atoms with Crippen LogP contribution in [-0.4, -0.2) is 30.3 Å². The molecule has 0 amide bonds. The third-order valence-corrected chi connectivity index (χ3v) is 4.07. The summed E-state index contributed by atoms with van der Waals surface area (Å²) < 4.78 is 5.46. The summed E-state index contributed by atoms with van der Waals surface area (Å²) in [6, 6.07) is 8.17. The molecule has 0 saturated heterocycles. The van der Waals surface area contributed by atoms with Gasteiger partial charge in [-0.1, -0.05) is 24.3 Å². The van der Waals surface area contributed by atoms with E-state index in [-0.39, 0.29) is 24.5 Å². The van der Waals surface area contributed by atoms with E-state index in [1.165, 1.54) is 11.1 Å². The fraction of sp³-hybridized carbons (Fsp3) is 0.400. The molecule has 0 spiro atoms. The smallest absolute Gasteiger partial charge is 0.303 e. The number of fused-ring (bicyclic) bond motifs is 3. The standard InChI is InChI=1S/C15H17NO3/c1-19-13-7-6-10-9-4-2-3-5-12(9)16-15(10)11(13)8-14(17)18/h2-6,11,13,15-16H,7-8H2,1H3,(H,17,18). The van der Waals surface area contributed by atoms with Gasteiger partial charge in [0, 0.05) is 24.3 Å². The van der Waals surface area contributed by atoms with Crippen LogP contribution in [0.5, 0.6) is 0 Å². The van der Waals surface area contributed by atoms with Crippen LogP contribution in [0.15, 0.2) is 30.3 Å². The summed E-state index contributed by atoms with van der Waals surface area (Å²) >= 11 is 0. The zero-order valence-corrected chi connectivity index (χ0v) is 10.8. The lowest BCUT2D eigenvalue weighted by Gasteiger charge is -2.34. The van der Waals surface area contributed by atoms with Gasteiger partial charge in [-0.2, -0.15) is 0 Å². The fourth-order valence-corrected chi connectivity index (χ4v) is 3.20. The molecular weight excluding hydrogens is 242 g/mol. The van der Waals surface area contributed by atoms with Crippen molar-refractivity contribution in [2.45, 2.75) is 25.0 Å². The lowest BCUT2D eigenvalue weighted by molar-refractivity contribution is -0.139. The van der Waals surface area contributed by atoms with Crippen LogP contribution in [0.3, 0.4) is 0 Å². The molecule has 1 aromatic rings. The Hall–Kier alpha value is -1.81. The van der Waals surface area contributed by atoms with E-state index >= 15 is 0 Å². The molecule has 0 radical (unpaired) electrons. The summed E-state index contributed by atoms with van der Waals surface area (Å²) in [5.74, 6) is -0.805. The molecular formula is C15H17NO3. The molecule has 0 fully saturated rings. The maximum atomic E-state index is 11.1. The topological polar surface area (TPSA) is 58.6 Å². The predicted molar refractivity (Wildman–Crippen MR) is 73.0 cm³/mol. The molecule has 2 N–H and O–H groups in total. The summed E-state index contributed by atoms with van der Waals surface area (Å²) in [4.78, 5) is 11.1. The summed E-state index contributed by atoms with van der Waals surface area (Å²) in [5.41, 5.74) is 3.50. The van der Waals surface area contributed by atoms with E-state index in [2.05, 4.69) is 17.5 Å². The minimum absolute atomic E-state index is 0.0325. The van der Waals surface area contributed by atoms with Crippen LogP contribution in [0.4, 0.5) is 5.69 Å². The number of hydrogen-bond donors (Lipinski definition) is 2. The third kappa shape index (κ3) is 2.02. The van der Waals surface area contributed by atoms with Gasteiger partial charge >= 0.3 is 5.97 Å². The average Bonchev–Trinajstić information content (AvgIpc) is 2.78. The van der Waals surface area contributed by atoms with Crippen molar-refractivity contribution in [2.75, 3.05) is 12.4 Å². The summed E-state index contributed by atoms with van der Waals surface area (Å²) in [7, 11) is 1.65. The van der Waals surface area contributed by atoms with Gasteiger partial charge in [-0.05, 0) is 18.1 Å². The molecule has 3 atom stereocenters. The SMILES string of the molecule is COC1CC=C2c3ccccc3NC2C1CC(=O)O. The lowest BCUT2D eigenvalue weighted by Crippen LogP contribution is -2.40. The Kier molecular flexibility index (Phi) is 3.03. The number of ether oxygens (including phenoxy) is 1. The number of para-hydroxylation sites is 1. The van der Waals surface area contributed by atoms with Gasteiger partial charge in [-0.25, -0.2) is 0 Å². The zero-order chi connectivity index (χ0) is 13.4. The van der Waals surface area contributed by atoms with E-state index < -0.39 is 5.97 Å². The Morgan fingerprint density at radius 3 is 3.00 bits per heavy atom. The van der Waals surface area contributed by atoms with Crippen molar-refractivity contribution in [3.05, 3.63) is 35.9 Å². The van der Waals surface area contributed by atoms with Crippen LogP contribution in [0.2, 0.25) is 0 Å². The molecule has 3 rings (SSSR count). The van der Waals surface area contributed by atoms with Crippen molar-refractivity contribution >= 4 is 17.2 Å². The molecule has 1 aliphatic carbocycles. The number of carboxylic acid groups (broad SMARTS) is 1. The molecule has 2 aliphatic rings. The molecule has 4 heteroatoms. The van der Waals surface area contributed by atoms with Crippen LogP contribution in [0.25, 0.3) is 5.57 Å². The van der Waals surface area contributed by atoms with Crippen molar-refractivity contribution in [3.8, 4) is 0 Å². The number of carbonyl (C=O) groups is 1. The van der Waals surface area contributed by atoms with Crippen LogP contribution in [-0.2, 0) is 9.53 Å². The maximum Gasteiger partial charge on any atom is 0.303 e. The van der Waals surface area contributed by atoms with Crippen molar-refractivity contribution in [1.82, 2.24) is 0 Å². The molecule has 19 heavy (non-hydrogen) atoms. The Morgan fingerprint density at radius 2 is 2.26 bits per heavy atom. The van der Waals surface area contributed by atoms with Gasteiger partial charge in [0.2, 0.25) is 0 Å². The highest BCUT2D eigenvalue weighted by atomic mass is 16.5. The molecule has 0 aromatic heterocycles. The first-order valence-corrected chi connectivity index (χ1v) is 6.51. The van der Waals surface area contributed by atoms with Gasteiger partial charge in [0.1, 0.15) is 0 Å². The lowest BCUT2D eigenvalue weighted by atomic mass is 9.79. The van der Waals surface area contributed by atoms with Crippen LogP contribution in [0, 0.1) is 5.92 Å². The monoisotopic (exact) mass is 259 g/mol. The highest BCUT2D eigenvalue weighted by molar-refractivity contribution is 5.88. The molecule has 1 aliphatic heterocycles. The van der Waals surface area contributed by atoms with E-state index in [1.807, 2.05) is 18.2 Å². The number of benzene rings is 1. The molecule has 3 unspecified atom stereocenters.